The first kappa shape index (κ1) is 36.8. The van der Waals surface area contributed by atoms with Gasteiger partial charge >= 0.3 is 0 Å². The molecule has 0 spiro atoms. The van der Waals surface area contributed by atoms with Crippen LogP contribution in [0.15, 0.2) is 255 Å². The highest BCUT2D eigenvalue weighted by molar-refractivity contribution is 7.20. The largest absolute Gasteiger partial charge is 0.309 e. The highest BCUT2D eigenvalue weighted by Crippen LogP contribution is 2.41. The number of fused-ring (bicyclic) bond motifs is 6. The van der Waals surface area contributed by atoms with Crippen LogP contribution < -0.4 is 20.7 Å². The van der Waals surface area contributed by atoms with Crippen LogP contribution in [0.1, 0.15) is 0 Å². The van der Waals surface area contributed by atoms with Crippen molar-refractivity contribution in [3.63, 3.8) is 0 Å². The molecular weight excluding hydrogens is 777 g/mol. The number of nitrogens with zero attached hydrogens (tertiary/aromatic N) is 2. The van der Waals surface area contributed by atoms with Crippen molar-refractivity contribution in [2.75, 3.05) is 0 Å². The molecule has 0 amide bonds. The first-order chi connectivity index (χ1) is 31.3. The van der Waals surface area contributed by atoms with Crippen LogP contribution in [-0.4, -0.2) is 17.2 Å². The third kappa shape index (κ3) is 5.78. The third-order valence-electron chi connectivity index (χ3n) is 13.1. The van der Waals surface area contributed by atoms with Crippen molar-refractivity contribution >= 4 is 72.4 Å². The maximum Gasteiger partial charge on any atom is 0.181 e. The van der Waals surface area contributed by atoms with Gasteiger partial charge in [0.15, 0.2) is 8.07 Å². The first-order valence-corrected chi connectivity index (χ1v) is 23.8. The number of aromatic nitrogens is 2. The van der Waals surface area contributed by atoms with Gasteiger partial charge < -0.3 is 9.13 Å². The molecule has 12 aromatic rings. The maximum atomic E-state index is 2.60. The Hall–Kier alpha value is -7.98. The van der Waals surface area contributed by atoms with E-state index in [2.05, 4.69) is 264 Å². The van der Waals surface area contributed by atoms with Crippen molar-refractivity contribution in [2.24, 2.45) is 0 Å². The van der Waals surface area contributed by atoms with Crippen molar-refractivity contribution in [2.45, 2.75) is 0 Å². The van der Waals surface area contributed by atoms with Crippen molar-refractivity contribution in [1.82, 2.24) is 9.13 Å². The van der Waals surface area contributed by atoms with E-state index in [0.29, 0.717) is 0 Å². The summed E-state index contributed by atoms with van der Waals surface area (Å²) in [5, 5.41) is 10.4. The van der Waals surface area contributed by atoms with Gasteiger partial charge in [0, 0.05) is 27.2 Å². The molecule has 0 bridgehead atoms. The predicted molar refractivity (Wildman–Crippen MR) is 270 cm³/mol. The zero-order valence-electron chi connectivity index (χ0n) is 34.6. The molecule has 0 saturated heterocycles. The Balaban J connectivity index is 1.14. The SMILES string of the molecule is c1ccc(-c2ccccc2-c2ccc(-n3c4ccccc4c4c(-n5c6ccccc6c6cccc([Si](c7ccccc7)(c7ccccc7)c7ccccc7)c65)cccc43)cc2)cc1. The zero-order valence-corrected chi connectivity index (χ0v) is 35.6. The van der Waals surface area contributed by atoms with Crippen LogP contribution in [0.4, 0.5) is 0 Å². The molecule has 0 radical (unpaired) electrons. The van der Waals surface area contributed by atoms with E-state index in [4.69, 9.17) is 0 Å². The summed E-state index contributed by atoms with van der Waals surface area (Å²) >= 11 is 0. The predicted octanol–water partition coefficient (Wildman–Crippen LogP) is 12.6. The Bertz CT molecular complexity index is 3490. The first-order valence-electron chi connectivity index (χ1n) is 21.8. The monoisotopic (exact) mass is 818 g/mol. The fraction of sp³-hybridized carbons (Fsp3) is 0. The average Bonchev–Trinajstić information content (AvgIpc) is 3.89. The second-order valence-corrected chi connectivity index (χ2v) is 20.2. The summed E-state index contributed by atoms with van der Waals surface area (Å²) in [7, 11) is -2.95. The summed E-state index contributed by atoms with van der Waals surface area (Å²) in [5.41, 5.74) is 12.0. The van der Waals surface area contributed by atoms with Gasteiger partial charge in [-0.3, -0.25) is 0 Å². The van der Waals surface area contributed by atoms with Gasteiger partial charge in [-0.25, -0.2) is 0 Å². The van der Waals surface area contributed by atoms with Gasteiger partial charge in [0.25, 0.3) is 0 Å². The van der Waals surface area contributed by atoms with Crippen molar-refractivity contribution in [3.05, 3.63) is 255 Å². The highest BCUT2D eigenvalue weighted by atomic mass is 28.3. The van der Waals surface area contributed by atoms with Crippen LogP contribution in [0.5, 0.6) is 0 Å². The van der Waals surface area contributed by atoms with Gasteiger partial charge in [-0.05, 0) is 79.4 Å². The van der Waals surface area contributed by atoms with Crippen LogP contribution >= 0.6 is 0 Å². The van der Waals surface area contributed by atoms with E-state index in [1.165, 1.54) is 92.3 Å². The normalized spacial score (nSPS) is 11.8. The second kappa shape index (κ2) is 15.2. The maximum absolute atomic E-state index is 2.95. The van der Waals surface area contributed by atoms with Crippen LogP contribution in [0.25, 0.3) is 77.2 Å². The van der Waals surface area contributed by atoms with E-state index in [9.17, 15) is 0 Å². The summed E-state index contributed by atoms with van der Waals surface area (Å²) in [4.78, 5) is 0. The summed E-state index contributed by atoms with van der Waals surface area (Å²) in [6.45, 7) is 0. The molecule has 2 aromatic heterocycles. The molecule has 0 atom stereocenters. The molecule has 0 fully saturated rings. The molecule has 0 unspecified atom stereocenters. The van der Waals surface area contributed by atoms with Gasteiger partial charge in [0.1, 0.15) is 0 Å². The Morgan fingerprint density at radius 3 is 1.33 bits per heavy atom. The number of rotatable bonds is 8. The fourth-order valence-electron chi connectivity index (χ4n) is 10.5. The minimum absolute atomic E-state index is 1.13. The molecule has 3 heteroatoms. The van der Waals surface area contributed by atoms with Crippen LogP contribution in [0.2, 0.25) is 0 Å². The van der Waals surface area contributed by atoms with Crippen molar-refractivity contribution < 1.29 is 0 Å². The molecule has 0 aliphatic heterocycles. The minimum Gasteiger partial charge on any atom is -0.309 e. The van der Waals surface area contributed by atoms with E-state index in [1.54, 1.807) is 0 Å². The van der Waals surface area contributed by atoms with Gasteiger partial charge in [-0.15, -0.1) is 0 Å². The zero-order chi connectivity index (χ0) is 41.7. The van der Waals surface area contributed by atoms with E-state index in [1.807, 2.05) is 0 Å². The number of hydrogen-bond donors (Lipinski definition) is 0. The van der Waals surface area contributed by atoms with Crippen molar-refractivity contribution in [1.29, 1.82) is 0 Å². The summed E-state index contributed by atoms with van der Waals surface area (Å²) in [6, 6.07) is 94.2. The molecule has 0 aliphatic carbocycles. The molecule has 2 heterocycles. The number of hydrogen-bond acceptors (Lipinski definition) is 0. The van der Waals surface area contributed by atoms with E-state index >= 15 is 0 Å². The highest BCUT2D eigenvalue weighted by Gasteiger charge is 2.43. The lowest BCUT2D eigenvalue weighted by Crippen LogP contribution is -2.75. The fourth-order valence-corrected chi connectivity index (χ4v) is 15.4. The molecular formula is C60H42N2Si. The third-order valence-corrected chi connectivity index (χ3v) is 17.9. The molecule has 63 heavy (non-hydrogen) atoms. The minimum atomic E-state index is -2.95. The van der Waals surface area contributed by atoms with Crippen LogP contribution in [0.3, 0.4) is 0 Å². The van der Waals surface area contributed by atoms with Gasteiger partial charge in [0.2, 0.25) is 0 Å². The lowest BCUT2D eigenvalue weighted by Gasteiger charge is -2.35. The van der Waals surface area contributed by atoms with Crippen LogP contribution in [0, 0.1) is 0 Å². The van der Waals surface area contributed by atoms with Crippen LogP contribution in [-0.2, 0) is 0 Å². The molecule has 0 N–H and O–H groups in total. The topological polar surface area (TPSA) is 9.86 Å². The van der Waals surface area contributed by atoms with Gasteiger partial charge in [-0.2, -0.15) is 0 Å². The Kier molecular flexibility index (Phi) is 8.87. The molecule has 10 aromatic carbocycles. The Labute approximate surface area is 368 Å². The quantitative estimate of drug-likeness (QED) is 0.107. The lowest BCUT2D eigenvalue weighted by atomic mass is 9.94. The standard InChI is InChI=1S/C60H42N2Si/c1-5-21-43(22-6-1)49-29-13-14-30-50(49)44-39-41-45(42-40-44)61-55-35-18-16-32-53(55)59-56(61)36-20-37-57(59)62-54-34-17-15-31-51(54)52-33-19-38-58(60(52)62)63(46-23-7-2-8-24-46,47-25-9-3-10-26-47)48-27-11-4-12-28-48/h1-42H. The average molecular weight is 819 g/mol. The summed E-state index contributed by atoms with van der Waals surface area (Å²) in [6.07, 6.45) is 0. The summed E-state index contributed by atoms with van der Waals surface area (Å²) < 4.78 is 5.05. The van der Waals surface area contributed by atoms with Gasteiger partial charge in [-0.1, -0.05) is 218 Å². The molecule has 0 saturated carbocycles. The molecule has 12 rings (SSSR count). The summed E-state index contributed by atoms with van der Waals surface area (Å²) in [5.74, 6) is 0. The molecule has 2 nitrogen and oxygen atoms in total. The van der Waals surface area contributed by atoms with E-state index in [0.717, 1.165) is 5.69 Å². The molecule has 296 valence electrons. The number of para-hydroxylation sites is 3. The van der Waals surface area contributed by atoms with Crippen molar-refractivity contribution in [3.8, 4) is 33.6 Å². The van der Waals surface area contributed by atoms with Gasteiger partial charge in [0.05, 0.1) is 27.8 Å². The molecule has 0 aliphatic rings. The smallest absolute Gasteiger partial charge is 0.181 e. The Morgan fingerprint density at radius 1 is 0.286 bits per heavy atom. The Morgan fingerprint density at radius 2 is 0.730 bits per heavy atom. The second-order valence-electron chi connectivity index (χ2n) is 16.4. The lowest BCUT2D eigenvalue weighted by molar-refractivity contribution is 1.17. The number of benzene rings is 10. The van der Waals surface area contributed by atoms with E-state index in [-0.39, 0.29) is 0 Å². The van der Waals surface area contributed by atoms with E-state index < -0.39 is 8.07 Å².